The topological polar surface area (TPSA) is 23.5 Å². The van der Waals surface area contributed by atoms with E-state index in [1.54, 1.807) is 12.1 Å². The number of nitrogens with zero attached hydrogens (tertiary/aromatic N) is 1. The molecule has 106 valence electrons. The maximum atomic E-state index is 9.37. The van der Waals surface area contributed by atoms with Crippen molar-refractivity contribution in [2.24, 2.45) is 5.41 Å². The van der Waals surface area contributed by atoms with Crippen molar-refractivity contribution < 1.29 is 5.11 Å². The van der Waals surface area contributed by atoms with Crippen LogP contribution in [0, 0.1) is 5.41 Å². The van der Waals surface area contributed by atoms with Gasteiger partial charge >= 0.3 is 0 Å². The van der Waals surface area contributed by atoms with Gasteiger partial charge in [-0.1, -0.05) is 38.8 Å². The second kappa shape index (κ2) is 5.96. The molecule has 1 saturated heterocycles. The molecule has 0 spiro atoms. The van der Waals surface area contributed by atoms with E-state index in [9.17, 15) is 5.11 Å². The molecule has 1 fully saturated rings. The van der Waals surface area contributed by atoms with E-state index in [1.807, 2.05) is 12.1 Å². The van der Waals surface area contributed by atoms with Crippen LogP contribution < -0.4 is 0 Å². The quantitative estimate of drug-likeness (QED) is 0.870. The van der Waals surface area contributed by atoms with E-state index < -0.39 is 0 Å². The summed E-state index contributed by atoms with van der Waals surface area (Å²) < 4.78 is 0. The molecule has 1 heterocycles. The molecule has 1 aromatic rings. The fourth-order valence-electron chi connectivity index (χ4n) is 3.31. The van der Waals surface area contributed by atoms with Crippen molar-refractivity contribution in [1.82, 2.24) is 4.90 Å². The van der Waals surface area contributed by atoms with E-state index in [1.165, 1.54) is 44.3 Å². The van der Waals surface area contributed by atoms with Gasteiger partial charge in [0.05, 0.1) is 0 Å². The van der Waals surface area contributed by atoms with Crippen LogP contribution in [0.4, 0.5) is 0 Å². The van der Waals surface area contributed by atoms with Crippen molar-refractivity contribution >= 4 is 0 Å². The van der Waals surface area contributed by atoms with Gasteiger partial charge in [0.1, 0.15) is 5.75 Å². The van der Waals surface area contributed by atoms with Crippen LogP contribution >= 0.6 is 0 Å². The van der Waals surface area contributed by atoms with Gasteiger partial charge < -0.3 is 5.11 Å². The van der Waals surface area contributed by atoms with Gasteiger partial charge in [0.2, 0.25) is 0 Å². The summed E-state index contributed by atoms with van der Waals surface area (Å²) in [5.41, 5.74) is 1.89. The van der Waals surface area contributed by atoms with Crippen LogP contribution in [0.15, 0.2) is 24.3 Å². The fraction of sp³-hybridized carbons (Fsp3) is 0.647. The zero-order chi connectivity index (χ0) is 13.9. The van der Waals surface area contributed by atoms with E-state index in [2.05, 4.69) is 25.7 Å². The molecule has 2 nitrogen and oxygen atoms in total. The van der Waals surface area contributed by atoms with Crippen LogP contribution in [-0.4, -0.2) is 23.1 Å². The van der Waals surface area contributed by atoms with E-state index in [4.69, 9.17) is 0 Å². The normalized spacial score (nSPS) is 21.2. The van der Waals surface area contributed by atoms with Gasteiger partial charge in [0.25, 0.3) is 0 Å². The van der Waals surface area contributed by atoms with Crippen molar-refractivity contribution in [3.63, 3.8) is 0 Å². The summed E-state index contributed by atoms with van der Waals surface area (Å²) in [4.78, 5) is 2.58. The maximum absolute atomic E-state index is 9.37. The summed E-state index contributed by atoms with van der Waals surface area (Å²) in [7, 11) is 0. The predicted molar refractivity (Wildman–Crippen MR) is 80.3 cm³/mol. The summed E-state index contributed by atoms with van der Waals surface area (Å²) >= 11 is 0. The Kier molecular flexibility index (Phi) is 4.51. The number of likely N-dealkylation sites (tertiary alicyclic amines) is 1. The molecule has 0 aliphatic carbocycles. The Morgan fingerprint density at radius 3 is 2.11 bits per heavy atom. The highest BCUT2D eigenvalue weighted by atomic mass is 16.3. The lowest BCUT2D eigenvalue weighted by molar-refractivity contribution is 0.0709. The Labute approximate surface area is 117 Å². The van der Waals surface area contributed by atoms with Gasteiger partial charge in [0.15, 0.2) is 0 Å². The summed E-state index contributed by atoms with van der Waals surface area (Å²) in [5.74, 6) is 0.352. The molecule has 1 aliphatic heterocycles. The Morgan fingerprint density at radius 1 is 1.11 bits per heavy atom. The molecule has 1 unspecified atom stereocenters. The molecule has 19 heavy (non-hydrogen) atoms. The van der Waals surface area contributed by atoms with Crippen LogP contribution in [0.1, 0.15) is 58.1 Å². The number of phenols is 1. The van der Waals surface area contributed by atoms with E-state index >= 15 is 0 Å². The van der Waals surface area contributed by atoms with Gasteiger partial charge in [-0.3, -0.25) is 4.90 Å². The second-order valence-electron chi connectivity index (χ2n) is 6.01. The van der Waals surface area contributed by atoms with Crippen LogP contribution in [0.3, 0.4) is 0 Å². The van der Waals surface area contributed by atoms with Crippen molar-refractivity contribution in [3.05, 3.63) is 29.8 Å². The number of rotatable bonds is 4. The number of piperidine rings is 1. The van der Waals surface area contributed by atoms with Gasteiger partial charge in [-0.15, -0.1) is 0 Å². The fourth-order valence-corrected chi connectivity index (χ4v) is 3.31. The lowest BCUT2D eigenvalue weighted by atomic mass is 9.74. The first-order valence-electron chi connectivity index (χ1n) is 7.63. The Bertz CT molecular complexity index is 384. The molecule has 1 aliphatic rings. The number of benzene rings is 1. The zero-order valence-corrected chi connectivity index (χ0v) is 12.5. The Balaban J connectivity index is 1.99. The molecule has 1 aromatic carbocycles. The average Bonchev–Trinajstić information content (AvgIpc) is 2.47. The Morgan fingerprint density at radius 2 is 1.63 bits per heavy atom. The standard InChI is InChI=1S/C17H27NO/c1-4-17(5-2)10-12-18(13-11-17)14(3)15-6-8-16(19)9-7-15/h6-9,14,19H,4-5,10-13H2,1-3H3. The highest BCUT2D eigenvalue weighted by Crippen LogP contribution is 2.40. The summed E-state index contributed by atoms with van der Waals surface area (Å²) in [6.07, 6.45) is 5.26. The van der Waals surface area contributed by atoms with E-state index in [0.29, 0.717) is 17.2 Å². The minimum atomic E-state index is 0.352. The van der Waals surface area contributed by atoms with Crippen LogP contribution in [0.5, 0.6) is 5.75 Å². The largest absolute Gasteiger partial charge is 0.508 e. The van der Waals surface area contributed by atoms with Crippen molar-refractivity contribution in [3.8, 4) is 5.75 Å². The van der Waals surface area contributed by atoms with Gasteiger partial charge in [-0.05, 0) is 56.0 Å². The molecule has 0 saturated carbocycles. The molecule has 2 heteroatoms. The van der Waals surface area contributed by atoms with Crippen LogP contribution in [0.25, 0.3) is 0 Å². The highest BCUT2D eigenvalue weighted by molar-refractivity contribution is 5.27. The smallest absolute Gasteiger partial charge is 0.115 e. The van der Waals surface area contributed by atoms with E-state index in [-0.39, 0.29) is 0 Å². The first kappa shape index (κ1) is 14.4. The zero-order valence-electron chi connectivity index (χ0n) is 12.5. The second-order valence-corrected chi connectivity index (χ2v) is 6.01. The molecular weight excluding hydrogens is 234 g/mol. The molecular formula is C17H27NO. The van der Waals surface area contributed by atoms with E-state index in [0.717, 1.165) is 0 Å². The molecule has 0 bridgehead atoms. The SMILES string of the molecule is CCC1(CC)CCN(C(C)c2ccc(O)cc2)CC1. The summed E-state index contributed by atoms with van der Waals surface area (Å²) in [6, 6.07) is 8.12. The lowest BCUT2D eigenvalue weighted by Crippen LogP contribution is -2.40. The highest BCUT2D eigenvalue weighted by Gasteiger charge is 2.32. The molecule has 2 rings (SSSR count). The Hall–Kier alpha value is -1.02. The summed E-state index contributed by atoms with van der Waals surface area (Å²) in [6.45, 7) is 9.34. The third-order valence-electron chi connectivity index (χ3n) is 5.28. The minimum absolute atomic E-state index is 0.352. The molecule has 0 radical (unpaired) electrons. The number of hydrogen-bond acceptors (Lipinski definition) is 2. The number of aromatic hydroxyl groups is 1. The average molecular weight is 261 g/mol. The predicted octanol–water partition coefficient (Wildman–Crippen LogP) is 4.36. The van der Waals surface area contributed by atoms with Crippen molar-refractivity contribution in [1.29, 1.82) is 0 Å². The van der Waals surface area contributed by atoms with Gasteiger partial charge in [-0.2, -0.15) is 0 Å². The first-order valence-corrected chi connectivity index (χ1v) is 7.63. The molecule has 1 N–H and O–H groups in total. The number of hydrogen-bond donors (Lipinski definition) is 1. The van der Waals surface area contributed by atoms with Crippen molar-refractivity contribution in [2.45, 2.75) is 52.5 Å². The molecule has 1 atom stereocenters. The first-order chi connectivity index (χ1) is 9.10. The van der Waals surface area contributed by atoms with Crippen LogP contribution in [-0.2, 0) is 0 Å². The number of phenolic OH excluding ortho intramolecular Hbond substituents is 1. The van der Waals surface area contributed by atoms with Crippen LogP contribution in [0.2, 0.25) is 0 Å². The third kappa shape index (κ3) is 3.11. The lowest BCUT2D eigenvalue weighted by Gasteiger charge is -2.43. The molecule has 0 amide bonds. The van der Waals surface area contributed by atoms with Gasteiger partial charge in [0, 0.05) is 6.04 Å². The minimum Gasteiger partial charge on any atom is -0.508 e. The summed E-state index contributed by atoms with van der Waals surface area (Å²) in [5, 5.41) is 9.37. The van der Waals surface area contributed by atoms with Gasteiger partial charge in [-0.25, -0.2) is 0 Å². The monoisotopic (exact) mass is 261 g/mol. The maximum Gasteiger partial charge on any atom is 0.115 e. The van der Waals surface area contributed by atoms with Crippen molar-refractivity contribution in [2.75, 3.05) is 13.1 Å². The third-order valence-corrected chi connectivity index (χ3v) is 5.28. The molecule has 0 aromatic heterocycles.